The van der Waals surface area contributed by atoms with Gasteiger partial charge in [0.2, 0.25) is 17.8 Å². The summed E-state index contributed by atoms with van der Waals surface area (Å²) in [7, 11) is 0. The lowest BCUT2D eigenvalue weighted by molar-refractivity contribution is 0.120. The summed E-state index contributed by atoms with van der Waals surface area (Å²) in [4.78, 5) is 13.6. The molecule has 3 heterocycles. The first kappa shape index (κ1) is 18.9. The Morgan fingerprint density at radius 2 is 1.36 bits per heavy atom. The van der Waals surface area contributed by atoms with E-state index in [9.17, 15) is 0 Å². The van der Waals surface area contributed by atoms with Crippen LogP contribution in [-0.4, -0.2) is 53.5 Å². The fraction of sp³-hybridized carbons (Fsp3) is 0.550. The van der Waals surface area contributed by atoms with Gasteiger partial charge in [-0.25, -0.2) is 0 Å². The Hall–Kier alpha value is -2.45. The quantitative estimate of drug-likeness (QED) is 0.639. The van der Waals surface area contributed by atoms with Gasteiger partial charge in [0, 0.05) is 32.0 Å². The van der Waals surface area contributed by atoms with Gasteiger partial charge in [0.15, 0.2) is 0 Å². The second kappa shape index (κ2) is 9.16. The molecule has 2 fully saturated rings. The molecule has 2 atom stereocenters. The average Bonchev–Trinajstić information content (AvgIpc) is 3.41. The molecule has 0 aliphatic carbocycles. The van der Waals surface area contributed by atoms with Crippen LogP contribution in [0.5, 0.6) is 0 Å². The van der Waals surface area contributed by atoms with Crippen LogP contribution in [0.4, 0.5) is 23.5 Å². The van der Waals surface area contributed by atoms with Gasteiger partial charge in [-0.2, -0.15) is 15.0 Å². The number of anilines is 4. The second-order valence-corrected chi connectivity index (χ2v) is 7.33. The Labute approximate surface area is 165 Å². The number of aryl methyl sites for hydroxylation is 1. The zero-order valence-corrected chi connectivity index (χ0v) is 16.3. The van der Waals surface area contributed by atoms with Crippen molar-refractivity contribution < 1.29 is 9.47 Å². The van der Waals surface area contributed by atoms with E-state index < -0.39 is 0 Å². The van der Waals surface area contributed by atoms with Crippen LogP contribution < -0.4 is 16.0 Å². The van der Waals surface area contributed by atoms with Gasteiger partial charge in [0.1, 0.15) is 0 Å². The van der Waals surface area contributed by atoms with Crippen LogP contribution in [0.15, 0.2) is 24.3 Å². The van der Waals surface area contributed by atoms with Crippen LogP contribution in [0, 0.1) is 6.92 Å². The maximum absolute atomic E-state index is 5.68. The molecule has 2 aliphatic rings. The minimum atomic E-state index is 0.216. The molecule has 0 amide bonds. The van der Waals surface area contributed by atoms with Crippen LogP contribution in [0.2, 0.25) is 0 Å². The highest BCUT2D eigenvalue weighted by molar-refractivity contribution is 5.56. The number of benzene rings is 1. The zero-order valence-electron chi connectivity index (χ0n) is 16.3. The van der Waals surface area contributed by atoms with Gasteiger partial charge in [-0.15, -0.1) is 0 Å². The fourth-order valence-electron chi connectivity index (χ4n) is 3.38. The van der Waals surface area contributed by atoms with Crippen LogP contribution in [0.3, 0.4) is 0 Å². The first-order chi connectivity index (χ1) is 13.7. The Bertz CT molecular complexity index is 720. The van der Waals surface area contributed by atoms with Crippen LogP contribution >= 0.6 is 0 Å². The molecule has 0 spiro atoms. The van der Waals surface area contributed by atoms with E-state index >= 15 is 0 Å². The van der Waals surface area contributed by atoms with E-state index in [0.717, 1.165) is 44.6 Å². The van der Waals surface area contributed by atoms with Crippen LogP contribution in [0.1, 0.15) is 31.2 Å². The molecule has 2 saturated heterocycles. The molecule has 28 heavy (non-hydrogen) atoms. The van der Waals surface area contributed by atoms with E-state index in [2.05, 4.69) is 50.0 Å². The van der Waals surface area contributed by atoms with Crippen molar-refractivity contribution in [3.05, 3.63) is 29.8 Å². The fourth-order valence-corrected chi connectivity index (χ4v) is 3.38. The number of hydrogen-bond donors (Lipinski definition) is 3. The van der Waals surface area contributed by atoms with Crippen molar-refractivity contribution in [3.8, 4) is 0 Å². The van der Waals surface area contributed by atoms with E-state index in [0.29, 0.717) is 30.9 Å². The number of nitrogens with zero attached hydrogens (tertiary/aromatic N) is 3. The summed E-state index contributed by atoms with van der Waals surface area (Å²) in [6.07, 6.45) is 4.78. The maximum Gasteiger partial charge on any atom is 0.233 e. The molecule has 0 saturated carbocycles. The molecular weight excluding hydrogens is 356 g/mol. The standard InChI is InChI=1S/C20H28N6O2/c1-14-6-8-15(9-7-14)23-20-25-18(21-12-16-4-2-10-27-16)24-19(26-20)22-13-17-5-3-11-28-17/h6-9,16-17H,2-5,10-13H2,1H3,(H3,21,22,23,24,25,26). The van der Waals surface area contributed by atoms with E-state index in [-0.39, 0.29) is 12.2 Å². The molecule has 2 unspecified atom stereocenters. The van der Waals surface area contributed by atoms with Gasteiger partial charge in [-0.3, -0.25) is 0 Å². The van der Waals surface area contributed by atoms with E-state index in [1.54, 1.807) is 0 Å². The predicted octanol–water partition coefficient (Wildman–Crippen LogP) is 3.11. The highest BCUT2D eigenvalue weighted by Gasteiger charge is 2.18. The number of hydrogen-bond acceptors (Lipinski definition) is 8. The molecule has 2 aromatic rings. The summed E-state index contributed by atoms with van der Waals surface area (Å²) in [6.45, 7) is 5.11. The largest absolute Gasteiger partial charge is 0.376 e. The second-order valence-electron chi connectivity index (χ2n) is 7.33. The molecule has 3 N–H and O–H groups in total. The summed E-state index contributed by atoms with van der Waals surface area (Å²) >= 11 is 0. The van der Waals surface area contributed by atoms with Gasteiger partial charge in [0.05, 0.1) is 12.2 Å². The Balaban J connectivity index is 1.46. The first-order valence-electron chi connectivity index (χ1n) is 10.1. The average molecular weight is 384 g/mol. The molecule has 150 valence electrons. The van der Waals surface area contributed by atoms with Crippen LogP contribution in [0.25, 0.3) is 0 Å². The van der Waals surface area contributed by atoms with E-state index in [4.69, 9.17) is 9.47 Å². The van der Waals surface area contributed by atoms with Gasteiger partial charge < -0.3 is 25.4 Å². The highest BCUT2D eigenvalue weighted by Crippen LogP contribution is 2.18. The van der Waals surface area contributed by atoms with Crippen molar-refractivity contribution in [1.82, 2.24) is 15.0 Å². The highest BCUT2D eigenvalue weighted by atomic mass is 16.5. The number of nitrogens with one attached hydrogen (secondary N) is 3. The van der Waals surface area contributed by atoms with Crippen molar-refractivity contribution in [2.75, 3.05) is 42.3 Å². The Kier molecular flexibility index (Phi) is 6.18. The molecule has 8 nitrogen and oxygen atoms in total. The Morgan fingerprint density at radius 3 is 1.86 bits per heavy atom. The first-order valence-corrected chi connectivity index (χ1v) is 10.1. The lowest BCUT2D eigenvalue weighted by Gasteiger charge is -2.15. The van der Waals surface area contributed by atoms with Crippen LogP contribution in [-0.2, 0) is 9.47 Å². The number of rotatable bonds is 8. The van der Waals surface area contributed by atoms with Gasteiger partial charge in [-0.05, 0) is 44.7 Å². The molecule has 2 aliphatic heterocycles. The van der Waals surface area contributed by atoms with E-state index in [1.807, 2.05) is 12.1 Å². The topological polar surface area (TPSA) is 93.2 Å². The summed E-state index contributed by atoms with van der Waals surface area (Å²) in [5.41, 5.74) is 2.14. The van der Waals surface area contributed by atoms with Crippen molar-refractivity contribution in [1.29, 1.82) is 0 Å². The monoisotopic (exact) mass is 384 g/mol. The summed E-state index contributed by atoms with van der Waals surface area (Å²) in [5.74, 6) is 1.58. The number of ether oxygens (including phenoxy) is 2. The molecule has 4 rings (SSSR count). The van der Waals surface area contributed by atoms with Crippen molar-refractivity contribution in [2.45, 2.75) is 44.8 Å². The molecule has 0 bridgehead atoms. The minimum Gasteiger partial charge on any atom is -0.376 e. The van der Waals surface area contributed by atoms with Gasteiger partial charge in [-0.1, -0.05) is 17.7 Å². The predicted molar refractivity (Wildman–Crippen MR) is 109 cm³/mol. The SMILES string of the molecule is Cc1ccc(Nc2nc(NCC3CCCO3)nc(NCC3CCCO3)n2)cc1. The molecular formula is C20H28N6O2. The lowest BCUT2D eigenvalue weighted by Crippen LogP contribution is -2.22. The van der Waals surface area contributed by atoms with Gasteiger partial charge >= 0.3 is 0 Å². The van der Waals surface area contributed by atoms with Gasteiger partial charge in [0.25, 0.3) is 0 Å². The normalized spacial score (nSPS) is 21.6. The third-order valence-corrected chi connectivity index (χ3v) is 4.97. The molecule has 1 aromatic carbocycles. The van der Waals surface area contributed by atoms with Crippen molar-refractivity contribution in [2.24, 2.45) is 0 Å². The molecule has 8 heteroatoms. The van der Waals surface area contributed by atoms with Crippen molar-refractivity contribution >= 4 is 23.5 Å². The smallest absolute Gasteiger partial charge is 0.233 e. The maximum atomic E-state index is 5.68. The third kappa shape index (κ3) is 5.30. The lowest BCUT2D eigenvalue weighted by atomic mass is 10.2. The minimum absolute atomic E-state index is 0.216. The summed E-state index contributed by atoms with van der Waals surface area (Å²) < 4.78 is 11.4. The summed E-state index contributed by atoms with van der Waals surface area (Å²) in [5, 5.41) is 9.85. The van der Waals surface area contributed by atoms with E-state index in [1.165, 1.54) is 5.56 Å². The zero-order chi connectivity index (χ0) is 19.2. The molecule has 0 radical (unpaired) electrons. The molecule has 1 aromatic heterocycles. The Morgan fingerprint density at radius 1 is 0.821 bits per heavy atom. The third-order valence-electron chi connectivity index (χ3n) is 4.97. The summed E-state index contributed by atoms with van der Waals surface area (Å²) in [6, 6.07) is 8.13. The number of aromatic nitrogens is 3. The van der Waals surface area contributed by atoms with Crippen molar-refractivity contribution in [3.63, 3.8) is 0 Å².